The predicted octanol–water partition coefficient (Wildman–Crippen LogP) is 4.06. The van der Waals surface area contributed by atoms with Gasteiger partial charge in [-0.2, -0.15) is 0 Å². The molecular weight excluding hydrogens is 262 g/mol. The molecular formula is C18H25NO2. The maximum Gasteiger partial charge on any atom is 0.131 e. The van der Waals surface area contributed by atoms with Crippen LogP contribution < -0.4 is 10.5 Å². The van der Waals surface area contributed by atoms with Crippen LogP contribution >= 0.6 is 0 Å². The van der Waals surface area contributed by atoms with Crippen LogP contribution in [-0.4, -0.2) is 19.8 Å². The lowest BCUT2D eigenvalue weighted by atomic mass is 10.0. The van der Waals surface area contributed by atoms with Crippen molar-refractivity contribution in [2.24, 2.45) is 5.73 Å². The SMILES string of the molecule is CCCCOCCOc1c([C@@H](C)N)ccc2ccccc12. The van der Waals surface area contributed by atoms with Crippen molar-refractivity contribution in [3.8, 4) is 5.75 Å². The normalized spacial score (nSPS) is 12.5. The lowest BCUT2D eigenvalue weighted by molar-refractivity contribution is 0.0981. The van der Waals surface area contributed by atoms with Gasteiger partial charge in [-0.15, -0.1) is 0 Å². The number of ether oxygens (including phenoxy) is 2. The minimum Gasteiger partial charge on any atom is -0.490 e. The van der Waals surface area contributed by atoms with Gasteiger partial charge >= 0.3 is 0 Å². The average molecular weight is 287 g/mol. The summed E-state index contributed by atoms with van der Waals surface area (Å²) in [7, 11) is 0. The van der Waals surface area contributed by atoms with Gasteiger partial charge in [-0.1, -0.05) is 49.7 Å². The van der Waals surface area contributed by atoms with Crippen LogP contribution in [0.3, 0.4) is 0 Å². The third kappa shape index (κ3) is 4.19. The third-order valence-corrected chi connectivity index (χ3v) is 3.52. The van der Waals surface area contributed by atoms with Crippen LogP contribution in [-0.2, 0) is 4.74 Å². The number of fused-ring (bicyclic) bond motifs is 1. The molecule has 2 N–H and O–H groups in total. The molecule has 0 unspecified atom stereocenters. The molecule has 2 rings (SSSR count). The fraction of sp³-hybridized carbons (Fsp3) is 0.444. The Balaban J connectivity index is 2.10. The van der Waals surface area contributed by atoms with Gasteiger partial charge in [0.25, 0.3) is 0 Å². The minimum atomic E-state index is -0.0504. The van der Waals surface area contributed by atoms with E-state index in [0.717, 1.165) is 36.1 Å². The standard InChI is InChI=1S/C18H25NO2/c1-3-4-11-20-12-13-21-18-16(14(2)19)10-9-15-7-5-6-8-17(15)18/h5-10,14H,3-4,11-13,19H2,1-2H3/t14-/m1/s1. The molecule has 0 amide bonds. The molecule has 0 heterocycles. The van der Waals surface area contributed by atoms with Crippen LogP contribution in [0.15, 0.2) is 36.4 Å². The summed E-state index contributed by atoms with van der Waals surface area (Å²) in [6, 6.07) is 12.3. The smallest absolute Gasteiger partial charge is 0.131 e. The van der Waals surface area contributed by atoms with Gasteiger partial charge in [0.05, 0.1) is 6.61 Å². The molecule has 0 aliphatic rings. The average Bonchev–Trinajstić information content (AvgIpc) is 2.50. The summed E-state index contributed by atoms with van der Waals surface area (Å²) in [6.07, 6.45) is 2.25. The van der Waals surface area contributed by atoms with Crippen molar-refractivity contribution in [3.63, 3.8) is 0 Å². The van der Waals surface area contributed by atoms with Gasteiger partial charge in [0.15, 0.2) is 0 Å². The quantitative estimate of drug-likeness (QED) is 0.745. The monoisotopic (exact) mass is 287 g/mol. The Morgan fingerprint density at radius 1 is 1.05 bits per heavy atom. The van der Waals surface area contributed by atoms with Gasteiger partial charge in [-0.25, -0.2) is 0 Å². The van der Waals surface area contributed by atoms with E-state index in [-0.39, 0.29) is 6.04 Å². The van der Waals surface area contributed by atoms with Crippen molar-refractivity contribution in [2.75, 3.05) is 19.8 Å². The first-order valence-electron chi connectivity index (χ1n) is 7.71. The first-order valence-corrected chi connectivity index (χ1v) is 7.71. The van der Waals surface area contributed by atoms with Crippen molar-refractivity contribution >= 4 is 10.8 Å². The molecule has 2 aromatic carbocycles. The van der Waals surface area contributed by atoms with E-state index in [1.54, 1.807) is 0 Å². The highest BCUT2D eigenvalue weighted by Crippen LogP contribution is 2.32. The Bertz CT molecular complexity index is 566. The predicted molar refractivity (Wildman–Crippen MR) is 87.8 cm³/mol. The minimum absolute atomic E-state index is 0.0504. The fourth-order valence-electron chi connectivity index (χ4n) is 2.33. The lowest BCUT2D eigenvalue weighted by Crippen LogP contribution is -2.12. The highest BCUT2D eigenvalue weighted by Gasteiger charge is 2.12. The lowest BCUT2D eigenvalue weighted by Gasteiger charge is -2.16. The Morgan fingerprint density at radius 3 is 2.62 bits per heavy atom. The zero-order valence-corrected chi connectivity index (χ0v) is 13.0. The van der Waals surface area contributed by atoms with E-state index in [4.69, 9.17) is 15.2 Å². The highest BCUT2D eigenvalue weighted by atomic mass is 16.5. The second-order valence-corrected chi connectivity index (χ2v) is 5.31. The third-order valence-electron chi connectivity index (χ3n) is 3.52. The van der Waals surface area contributed by atoms with Gasteiger partial charge in [0, 0.05) is 23.6 Å². The molecule has 114 valence electrons. The largest absolute Gasteiger partial charge is 0.490 e. The maximum atomic E-state index is 6.06. The van der Waals surface area contributed by atoms with E-state index in [9.17, 15) is 0 Å². The van der Waals surface area contributed by atoms with E-state index < -0.39 is 0 Å². The molecule has 0 bridgehead atoms. The van der Waals surface area contributed by atoms with Gasteiger partial charge < -0.3 is 15.2 Å². The zero-order chi connectivity index (χ0) is 15.1. The molecule has 0 saturated heterocycles. The van der Waals surface area contributed by atoms with Crippen LogP contribution in [0.25, 0.3) is 10.8 Å². The van der Waals surface area contributed by atoms with Gasteiger partial charge in [-0.05, 0) is 18.7 Å². The number of hydrogen-bond donors (Lipinski definition) is 1. The summed E-state index contributed by atoms with van der Waals surface area (Å²) < 4.78 is 11.5. The van der Waals surface area contributed by atoms with Crippen LogP contribution in [0, 0.1) is 0 Å². The summed E-state index contributed by atoms with van der Waals surface area (Å²) in [6.45, 7) is 6.11. The van der Waals surface area contributed by atoms with E-state index in [0.29, 0.717) is 13.2 Å². The van der Waals surface area contributed by atoms with Crippen LogP contribution in [0.5, 0.6) is 5.75 Å². The Labute approximate surface area is 127 Å². The van der Waals surface area contributed by atoms with E-state index >= 15 is 0 Å². The molecule has 0 radical (unpaired) electrons. The number of unbranched alkanes of at least 4 members (excludes halogenated alkanes) is 1. The molecule has 3 heteroatoms. The summed E-state index contributed by atoms with van der Waals surface area (Å²) >= 11 is 0. The molecule has 0 fully saturated rings. The molecule has 1 atom stereocenters. The number of benzene rings is 2. The van der Waals surface area contributed by atoms with Gasteiger partial charge in [0.1, 0.15) is 12.4 Å². The molecule has 3 nitrogen and oxygen atoms in total. The second-order valence-electron chi connectivity index (χ2n) is 5.31. The Morgan fingerprint density at radius 2 is 1.86 bits per heavy atom. The Hall–Kier alpha value is -1.58. The first kappa shape index (κ1) is 15.8. The molecule has 0 saturated carbocycles. The van der Waals surface area contributed by atoms with Crippen LogP contribution in [0.1, 0.15) is 38.3 Å². The van der Waals surface area contributed by atoms with E-state index in [1.165, 1.54) is 5.39 Å². The van der Waals surface area contributed by atoms with E-state index in [1.807, 2.05) is 19.1 Å². The van der Waals surface area contributed by atoms with Crippen molar-refractivity contribution in [1.29, 1.82) is 0 Å². The number of nitrogens with two attached hydrogens (primary N) is 1. The Kier molecular flexibility index (Phi) is 6.03. The van der Waals surface area contributed by atoms with Gasteiger partial charge in [0.2, 0.25) is 0 Å². The number of hydrogen-bond acceptors (Lipinski definition) is 3. The summed E-state index contributed by atoms with van der Waals surface area (Å²) in [4.78, 5) is 0. The topological polar surface area (TPSA) is 44.5 Å². The van der Waals surface area contributed by atoms with Crippen LogP contribution in [0.4, 0.5) is 0 Å². The highest BCUT2D eigenvalue weighted by molar-refractivity contribution is 5.89. The van der Waals surface area contributed by atoms with Crippen molar-refractivity contribution in [1.82, 2.24) is 0 Å². The number of rotatable bonds is 8. The van der Waals surface area contributed by atoms with Crippen LogP contribution in [0.2, 0.25) is 0 Å². The molecule has 21 heavy (non-hydrogen) atoms. The van der Waals surface area contributed by atoms with Crippen molar-refractivity contribution in [2.45, 2.75) is 32.7 Å². The van der Waals surface area contributed by atoms with E-state index in [2.05, 4.69) is 31.2 Å². The molecule has 0 aliphatic carbocycles. The summed E-state index contributed by atoms with van der Waals surface area (Å²) in [5, 5.41) is 2.28. The van der Waals surface area contributed by atoms with Crippen molar-refractivity contribution < 1.29 is 9.47 Å². The summed E-state index contributed by atoms with van der Waals surface area (Å²) in [5.74, 6) is 0.891. The molecule has 2 aromatic rings. The second kappa shape index (κ2) is 8.01. The molecule has 0 spiro atoms. The van der Waals surface area contributed by atoms with Crippen molar-refractivity contribution in [3.05, 3.63) is 42.0 Å². The molecule has 0 aromatic heterocycles. The maximum absolute atomic E-state index is 6.06. The summed E-state index contributed by atoms with van der Waals surface area (Å²) in [5.41, 5.74) is 7.11. The molecule has 0 aliphatic heterocycles. The fourth-order valence-corrected chi connectivity index (χ4v) is 2.33. The van der Waals surface area contributed by atoms with Gasteiger partial charge in [-0.3, -0.25) is 0 Å². The zero-order valence-electron chi connectivity index (χ0n) is 13.0. The first-order chi connectivity index (χ1) is 10.2.